The van der Waals surface area contributed by atoms with Gasteiger partial charge in [0.1, 0.15) is 23.4 Å². The van der Waals surface area contributed by atoms with Gasteiger partial charge in [0.25, 0.3) is 0 Å². The van der Waals surface area contributed by atoms with E-state index in [1.807, 2.05) is 41.5 Å². The number of rotatable bonds is 11. The van der Waals surface area contributed by atoms with Crippen LogP contribution in [0.25, 0.3) is 0 Å². The lowest BCUT2D eigenvalue weighted by atomic mass is 9.94. The maximum atomic E-state index is 14.4. The van der Waals surface area contributed by atoms with E-state index in [1.165, 1.54) is 6.07 Å². The van der Waals surface area contributed by atoms with Crippen molar-refractivity contribution in [2.75, 3.05) is 0 Å². The quantitative estimate of drug-likeness (QED) is 0.326. The number of ether oxygens (including phenoxy) is 1. The highest BCUT2D eigenvalue weighted by Crippen LogP contribution is 2.33. The summed E-state index contributed by atoms with van der Waals surface area (Å²) in [5, 5.41) is 16.6. The lowest BCUT2D eigenvalue weighted by Gasteiger charge is -2.40. The molecule has 0 spiro atoms. The maximum Gasteiger partial charge on any atom is 0.408 e. The van der Waals surface area contributed by atoms with Gasteiger partial charge in [0, 0.05) is 17.1 Å². The minimum Gasteiger partial charge on any atom is -0.508 e. The van der Waals surface area contributed by atoms with Crippen molar-refractivity contribution >= 4 is 17.9 Å². The molecule has 1 rings (SSSR count). The molecule has 1 aromatic carbocycles. The molecule has 8 heteroatoms. The first-order valence-corrected chi connectivity index (χ1v) is 13.7. The summed E-state index contributed by atoms with van der Waals surface area (Å²) >= 11 is 0. The van der Waals surface area contributed by atoms with Gasteiger partial charge >= 0.3 is 6.09 Å². The van der Waals surface area contributed by atoms with Gasteiger partial charge in [0.05, 0.1) is 0 Å². The molecule has 0 bridgehead atoms. The summed E-state index contributed by atoms with van der Waals surface area (Å²) in [5.41, 5.74) is -0.966. The molecular formula is C30H51N3O5. The Morgan fingerprint density at radius 2 is 1.50 bits per heavy atom. The molecule has 0 saturated heterocycles. The number of nitrogens with zero attached hydrogens (tertiary/aromatic N) is 1. The Balaban J connectivity index is 3.68. The standard InChI is InChI=1S/C30H51N3O5/c1-19(2)16-17-21(5)33(27(36)23(18-20(3)4)31-28(37)38-30(9,10)11)25(26(35)32-29(6,7)8)22-14-12-13-15-24(22)34/h12-15,19-21,23,25,34H,16-18H2,1-11H3,(H,31,37)(H,32,35). The molecule has 0 heterocycles. The van der Waals surface area contributed by atoms with Crippen LogP contribution in [0, 0.1) is 11.8 Å². The molecule has 0 saturated carbocycles. The maximum absolute atomic E-state index is 14.4. The Hall–Kier alpha value is -2.77. The summed E-state index contributed by atoms with van der Waals surface area (Å²) in [6, 6.07) is 4.23. The monoisotopic (exact) mass is 533 g/mol. The fraction of sp³-hybridized carbons (Fsp3) is 0.700. The number of para-hydroxylation sites is 1. The lowest BCUT2D eigenvalue weighted by molar-refractivity contribution is -0.146. The van der Waals surface area contributed by atoms with Gasteiger partial charge in [-0.05, 0) is 85.6 Å². The van der Waals surface area contributed by atoms with E-state index in [2.05, 4.69) is 24.5 Å². The lowest BCUT2D eigenvalue weighted by Crippen LogP contribution is -2.57. The topological polar surface area (TPSA) is 108 Å². The zero-order valence-corrected chi connectivity index (χ0v) is 25.3. The first-order valence-electron chi connectivity index (χ1n) is 13.7. The van der Waals surface area contributed by atoms with E-state index in [0.29, 0.717) is 24.3 Å². The summed E-state index contributed by atoms with van der Waals surface area (Å²) < 4.78 is 5.46. The van der Waals surface area contributed by atoms with Gasteiger partial charge in [0.2, 0.25) is 11.8 Å². The summed E-state index contributed by atoms with van der Waals surface area (Å²) in [5.74, 6) is -0.384. The Bertz CT molecular complexity index is 931. The molecule has 0 aliphatic carbocycles. The number of alkyl carbamates (subject to hydrolysis) is 1. The van der Waals surface area contributed by atoms with Crippen molar-refractivity contribution in [2.45, 2.75) is 125 Å². The predicted molar refractivity (Wildman–Crippen MR) is 152 cm³/mol. The van der Waals surface area contributed by atoms with Crippen LogP contribution >= 0.6 is 0 Å². The summed E-state index contributed by atoms with van der Waals surface area (Å²) in [6.45, 7) is 21.0. The molecule has 216 valence electrons. The first kappa shape index (κ1) is 33.3. The van der Waals surface area contributed by atoms with E-state index < -0.39 is 41.1 Å². The van der Waals surface area contributed by atoms with Gasteiger partial charge in [0.15, 0.2) is 0 Å². The molecule has 3 atom stereocenters. The summed E-state index contributed by atoms with van der Waals surface area (Å²) in [7, 11) is 0. The number of phenols is 1. The van der Waals surface area contributed by atoms with Crippen molar-refractivity contribution in [3.63, 3.8) is 0 Å². The number of benzene rings is 1. The van der Waals surface area contributed by atoms with Crippen LogP contribution in [0.2, 0.25) is 0 Å². The van der Waals surface area contributed by atoms with Crippen molar-refractivity contribution in [1.29, 1.82) is 0 Å². The van der Waals surface area contributed by atoms with E-state index in [4.69, 9.17) is 4.74 Å². The van der Waals surface area contributed by atoms with Crippen LogP contribution in [0.3, 0.4) is 0 Å². The fourth-order valence-electron chi connectivity index (χ4n) is 4.21. The van der Waals surface area contributed by atoms with Crippen molar-refractivity contribution in [3.8, 4) is 5.75 Å². The molecule has 0 radical (unpaired) electrons. The van der Waals surface area contributed by atoms with E-state index in [1.54, 1.807) is 43.9 Å². The number of carbonyl (C=O) groups is 3. The molecule has 3 N–H and O–H groups in total. The van der Waals surface area contributed by atoms with E-state index in [-0.39, 0.29) is 17.7 Å². The molecule has 0 aliphatic rings. The zero-order chi connectivity index (χ0) is 29.4. The van der Waals surface area contributed by atoms with Crippen LogP contribution in [0.15, 0.2) is 24.3 Å². The molecule has 3 unspecified atom stereocenters. The summed E-state index contributed by atoms with van der Waals surface area (Å²) in [6.07, 6.45) is 1.16. The Morgan fingerprint density at radius 1 is 0.921 bits per heavy atom. The minimum atomic E-state index is -1.10. The third kappa shape index (κ3) is 11.3. The van der Waals surface area contributed by atoms with Gasteiger partial charge in [-0.3, -0.25) is 9.59 Å². The van der Waals surface area contributed by atoms with Crippen LogP contribution in [0.4, 0.5) is 4.79 Å². The zero-order valence-electron chi connectivity index (χ0n) is 25.3. The molecule has 0 fully saturated rings. The second-order valence-electron chi connectivity index (χ2n) is 13.1. The average molecular weight is 534 g/mol. The van der Waals surface area contributed by atoms with Crippen molar-refractivity contribution in [2.24, 2.45) is 11.8 Å². The van der Waals surface area contributed by atoms with Crippen LogP contribution in [-0.4, -0.2) is 51.1 Å². The number of amides is 3. The highest BCUT2D eigenvalue weighted by Gasteiger charge is 2.40. The van der Waals surface area contributed by atoms with Gasteiger partial charge in [-0.25, -0.2) is 4.79 Å². The highest BCUT2D eigenvalue weighted by atomic mass is 16.6. The number of aromatic hydroxyl groups is 1. The molecule has 1 aromatic rings. The molecule has 0 aromatic heterocycles. The molecule has 8 nitrogen and oxygen atoms in total. The Labute approximate surface area is 229 Å². The SMILES string of the molecule is CC(C)CCC(C)N(C(=O)C(CC(C)C)NC(=O)OC(C)(C)C)C(C(=O)NC(C)(C)C)c1ccccc1O. The molecule has 3 amide bonds. The van der Waals surface area contributed by atoms with Gasteiger partial charge < -0.3 is 25.4 Å². The smallest absolute Gasteiger partial charge is 0.408 e. The van der Waals surface area contributed by atoms with Gasteiger partial charge in [-0.15, -0.1) is 0 Å². The molecular weight excluding hydrogens is 482 g/mol. The minimum absolute atomic E-state index is 0.0732. The highest BCUT2D eigenvalue weighted by molar-refractivity contribution is 5.93. The second-order valence-corrected chi connectivity index (χ2v) is 13.1. The van der Waals surface area contributed by atoms with Crippen LogP contribution in [0.1, 0.15) is 107 Å². The van der Waals surface area contributed by atoms with Crippen LogP contribution < -0.4 is 10.6 Å². The second kappa shape index (κ2) is 13.9. The number of hydrogen-bond donors (Lipinski definition) is 3. The van der Waals surface area contributed by atoms with Crippen molar-refractivity contribution < 1.29 is 24.2 Å². The number of phenolic OH excluding ortho intramolecular Hbond substituents is 1. The number of nitrogens with one attached hydrogen (secondary N) is 2. The normalized spacial score (nSPS) is 14.6. The number of hydrogen-bond acceptors (Lipinski definition) is 5. The fourth-order valence-corrected chi connectivity index (χ4v) is 4.21. The van der Waals surface area contributed by atoms with Crippen molar-refractivity contribution in [1.82, 2.24) is 15.5 Å². The van der Waals surface area contributed by atoms with E-state index in [9.17, 15) is 19.5 Å². The van der Waals surface area contributed by atoms with E-state index >= 15 is 0 Å². The van der Waals surface area contributed by atoms with Gasteiger partial charge in [-0.1, -0.05) is 45.9 Å². The summed E-state index contributed by atoms with van der Waals surface area (Å²) in [4.78, 5) is 42.5. The third-order valence-corrected chi connectivity index (χ3v) is 5.84. The van der Waals surface area contributed by atoms with Crippen LogP contribution in [-0.2, 0) is 14.3 Å². The largest absolute Gasteiger partial charge is 0.508 e. The van der Waals surface area contributed by atoms with E-state index in [0.717, 1.165) is 6.42 Å². The molecule has 0 aliphatic heterocycles. The Morgan fingerprint density at radius 3 is 1.97 bits per heavy atom. The average Bonchev–Trinajstić information content (AvgIpc) is 2.72. The van der Waals surface area contributed by atoms with Gasteiger partial charge in [-0.2, -0.15) is 0 Å². The van der Waals surface area contributed by atoms with Crippen molar-refractivity contribution in [3.05, 3.63) is 29.8 Å². The predicted octanol–water partition coefficient (Wildman–Crippen LogP) is 5.94. The molecule has 38 heavy (non-hydrogen) atoms. The Kier molecular flexibility index (Phi) is 12.1. The van der Waals surface area contributed by atoms with Crippen LogP contribution in [0.5, 0.6) is 5.75 Å². The first-order chi connectivity index (χ1) is 17.3. The number of carbonyl (C=O) groups excluding carboxylic acids is 3. The third-order valence-electron chi connectivity index (χ3n) is 5.84.